The van der Waals surface area contributed by atoms with Crippen LogP contribution < -0.4 is 16.0 Å². The number of aromatic nitrogens is 2. The molecule has 0 atom stereocenters. The lowest BCUT2D eigenvalue weighted by molar-refractivity contribution is -0.114. The van der Waals surface area contributed by atoms with Crippen molar-refractivity contribution >= 4 is 34.7 Å². The minimum atomic E-state index is -0.241. The summed E-state index contributed by atoms with van der Waals surface area (Å²) < 4.78 is 0. The maximum absolute atomic E-state index is 12.7. The number of benzene rings is 3. The van der Waals surface area contributed by atoms with Crippen LogP contribution >= 0.6 is 0 Å². The first kappa shape index (κ1) is 21.7. The van der Waals surface area contributed by atoms with E-state index < -0.39 is 0 Å². The fraction of sp³-hybridized carbons (Fsp3) is 0.0769. The molecule has 164 valence electrons. The first-order valence-electron chi connectivity index (χ1n) is 10.4. The number of carbonyl (C=O) groups excluding carboxylic acids is 2. The highest BCUT2D eigenvalue weighted by Crippen LogP contribution is 2.23. The van der Waals surface area contributed by atoms with Gasteiger partial charge in [-0.1, -0.05) is 36.4 Å². The zero-order valence-electron chi connectivity index (χ0n) is 18.3. The van der Waals surface area contributed by atoms with E-state index in [0.29, 0.717) is 28.6 Å². The SMILES string of the molecule is CC(=O)Nc1ccc(NC(=O)c2cccc(Nc3cc(-c4ccccc4)nc(C)n3)c2)cc1. The summed E-state index contributed by atoms with van der Waals surface area (Å²) >= 11 is 0. The number of hydrogen-bond acceptors (Lipinski definition) is 5. The van der Waals surface area contributed by atoms with Crippen LogP contribution in [0.5, 0.6) is 0 Å². The molecule has 0 saturated carbocycles. The van der Waals surface area contributed by atoms with Crippen LogP contribution in [0.4, 0.5) is 22.9 Å². The summed E-state index contributed by atoms with van der Waals surface area (Å²) in [4.78, 5) is 32.9. The first-order valence-corrected chi connectivity index (χ1v) is 10.4. The molecule has 0 aliphatic rings. The van der Waals surface area contributed by atoms with Crippen LogP contribution in [0.2, 0.25) is 0 Å². The van der Waals surface area contributed by atoms with Crippen molar-refractivity contribution in [3.8, 4) is 11.3 Å². The smallest absolute Gasteiger partial charge is 0.255 e. The number of carbonyl (C=O) groups is 2. The highest BCUT2D eigenvalue weighted by Gasteiger charge is 2.09. The Morgan fingerprint density at radius 2 is 1.42 bits per heavy atom. The van der Waals surface area contributed by atoms with Gasteiger partial charge < -0.3 is 16.0 Å². The van der Waals surface area contributed by atoms with Gasteiger partial charge >= 0.3 is 0 Å². The van der Waals surface area contributed by atoms with Gasteiger partial charge in [-0.3, -0.25) is 9.59 Å². The van der Waals surface area contributed by atoms with Crippen molar-refractivity contribution in [3.63, 3.8) is 0 Å². The van der Waals surface area contributed by atoms with Crippen LogP contribution in [-0.4, -0.2) is 21.8 Å². The molecule has 1 aromatic heterocycles. The minimum absolute atomic E-state index is 0.147. The highest BCUT2D eigenvalue weighted by atomic mass is 16.2. The number of aryl methyl sites for hydroxylation is 1. The van der Waals surface area contributed by atoms with Crippen LogP contribution in [0, 0.1) is 6.92 Å². The third-order valence-corrected chi connectivity index (χ3v) is 4.77. The largest absolute Gasteiger partial charge is 0.340 e. The van der Waals surface area contributed by atoms with Crippen LogP contribution in [0.1, 0.15) is 23.1 Å². The zero-order valence-corrected chi connectivity index (χ0v) is 18.3. The normalized spacial score (nSPS) is 10.4. The molecule has 0 bridgehead atoms. The van der Waals surface area contributed by atoms with Crippen molar-refractivity contribution in [1.82, 2.24) is 9.97 Å². The van der Waals surface area contributed by atoms with Crippen LogP contribution in [0.3, 0.4) is 0 Å². The van der Waals surface area contributed by atoms with E-state index >= 15 is 0 Å². The number of anilines is 4. The number of amides is 2. The van der Waals surface area contributed by atoms with E-state index in [-0.39, 0.29) is 11.8 Å². The Labute approximate surface area is 191 Å². The molecule has 0 aliphatic heterocycles. The summed E-state index contributed by atoms with van der Waals surface area (Å²) in [6.07, 6.45) is 0. The molecule has 1 heterocycles. The summed E-state index contributed by atoms with van der Waals surface area (Å²) in [6, 6.07) is 25.9. The average Bonchev–Trinajstić information content (AvgIpc) is 2.80. The number of rotatable bonds is 6. The Bertz CT molecular complexity index is 1290. The van der Waals surface area contributed by atoms with Crippen molar-refractivity contribution < 1.29 is 9.59 Å². The van der Waals surface area contributed by atoms with Crippen molar-refractivity contribution in [3.05, 3.63) is 96.3 Å². The average molecular weight is 438 g/mol. The minimum Gasteiger partial charge on any atom is -0.340 e. The van der Waals surface area contributed by atoms with Crippen molar-refractivity contribution in [2.45, 2.75) is 13.8 Å². The molecule has 0 spiro atoms. The lowest BCUT2D eigenvalue weighted by Gasteiger charge is -2.11. The molecule has 3 aromatic carbocycles. The van der Waals surface area contributed by atoms with Gasteiger partial charge in [0.05, 0.1) is 5.69 Å². The lowest BCUT2D eigenvalue weighted by atomic mass is 10.1. The number of hydrogen-bond donors (Lipinski definition) is 3. The van der Waals surface area contributed by atoms with Gasteiger partial charge in [0.2, 0.25) is 5.91 Å². The Hall–Kier alpha value is -4.52. The molecule has 7 nitrogen and oxygen atoms in total. The Balaban J connectivity index is 1.48. The molecule has 7 heteroatoms. The van der Waals surface area contributed by atoms with E-state index in [9.17, 15) is 9.59 Å². The monoisotopic (exact) mass is 437 g/mol. The molecule has 0 radical (unpaired) electrons. The van der Waals surface area contributed by atoms with E-state index in [4.69, 9.17) is 0 Å². The van der Waals surface area contributed by atoms with Crippen molar-refractivity contribution in [1.29, 1.82) is 0 Å². The fourth-order valence-corrected chi connectivity index (χ4v) is 3.32. The summed E-state index contributed by atoms with van der Waals surface area (Å²) in [5.74, 6) is 0.906. The Morgan fingerprint density at radius 3 is 2.12 bits per heavy atom. The van der Waals surface area contributed by atoms with Gasteiger partial charge in [-0.2, -0.15) is 0 Å². The van der Waals surface area contributed by atoms with E-state index in [1.165, 1.54) is 6.92 Å². The van der Waals surface area contributed by atoms with Gasteiger partial charge in [-0.05, 0) is 49.4 Å². The molecule has 4 rings (SSSR count). The molecule has 4 aromatic rings. The van der Waals surface area contributed by atoms with Gasteiger partial charge in [-0.15, -0.1) is 0 Å². The van der Waals surface area contributed by atoms with E-state index in [2.05, 4.69) is 25.9 Å². The third kappa shape index (κ3) is 5.80. The van der Waals surface area contributed by atoms with E-state index in [0.717, 1.165) is 16.9 Å². The van der Waals surface area contributed by atoms with Gasteiger partial charge in [0.15, 0.2) is 0 Å². The Morgan fingerprint density at radius 1 is 0.727 bits per heavy atom. The predicted molar refractivity (Wildman–Crippen MR) is 131 cm³/mol. The molecule has 0 fully saturated rings. The van der Waals surface area contributed by atoms with Crippen molar-refractivity contribution in [2.75, 3.05) is 16.0 Å². The second-order valence-corrected chi connectivity index (χ2v) is 7.47. The highest BCUT2D eigenvalue weighted by molar-refractivity contribution is 6.05. The van der Waals surface area contributed by atoms with Crippen LogP contribution in [0.25, 0.3) is 11.3 Å². The summed E-state index contributed by atoms with van der Waals surface area (Å²) in [5, 5.41) is 8.83. The topological polar surface area (TPSA) is 96.0 Å². The van der Waals surface area contributed by atoms with Gasteiger partial charge in [-0.25, -0.2) is 9.97 Å². The fourth-order valence-electron chi connectivity index (χ4n) is 3.32. The Kier molecular flexibility index (Phi) is 6.40. The van der Waals surface area contributed by atoms with E-state index in [1.54, 1.807) is 36.4 Å². The summed E-state index contributed by atoms with van der Waals surface area (Å²) in [6.45, 7) is 3.29. The number of nitrogens with one attached hydrogen (secondary N) is 3. The number of nitrogens with zero attached hydrogens (tertiary/aromatic N) is 2. The molecule has 0 saturated heterocycles. The maximum Gasteiger partial charge on any atom is 0.255 e. The molecular weight excluding hydrogens is 414 g/mol. The molecular formula is C26H23N5O2. The van der Waals surface area contributed by atoms with Crippen LogP contribution in [-0.2, 0) is 4.79 Å². The second kappa shape index (κ2) is 9.74. The molecule has 3 N–H and O–H groups in total. The standard InChI is InChI=1S/C26H23N5O2/c1-17-27-24(19-7-4-3-5-8-19)16-25(28-17)30-23-10-6-9-20(15-23)26(33)31-22-13-11-21(12-14-22)29-18(2)32/h3-16H,1-2H3,(H,29,32)(H,31,33)(H,27,28,30). The first-order chi connectivity index (χ1) is 16.0. The molecule has 33 heavy (non-hydrogen) atoms. The van der Waals surface area contributed by atoms with Crippen molar-refractivity contribution in [2.24, 2.45) is 0 Å². The summed E-state index contributed by atoms with van der Waals surface area (Å²) in [7, 11) is 0. The maximum atomic E-state index is 12.7. The predicted octanol–water partition coefficient (Wildman–Crippen LogP) is 5.41. The molecule has 0 unspecified atom stereocenters. The summed E-state index contributed by atoms with van der Waals surface area (Å²) in [5.41, 5.74) is 4.36. The quantitative estimate of drug-likeness (QED) is 0.375. The van der Waals surface area contributed by atoms with Crippen LogP contribution in [0.15, 0.2) is 84.9 Å². The molecule has 0 aliphatic carbocycles. The van der Waals surface area contributed by atoms with Gasteiger partial charge in [0.25, 0.3) is 5.91 Å². The van der Waals surface area contributed by atoms with E-state index in [1.807, 2.05) is 55.5 Å². The van der Waals surface area contributed by atoms with Gasteiger partial charge in [0.1, 0.15) is 11.6 Å². The second-order valence-electron chi connectivity index (χ2n) is 7.47. The third-order valence-electron chi connectivity index (χ3n) is 4.77. The van der Waals surface area contributed by atoms with Gasteiger partial charge in [0, 0.05) is 41.2 Å². The molecule has 2 amide bonds. The zero-order chi connectivity index (χ0) is 23.2. The lowest BCUT2D eigenvalue weighted by Crippen LogP contribution is -2.12.